The number of amides is 1. The van der Waals surface area contributed by atoms with E-state index in [0.717, 1.165) is 57.3 Å². The molecule has 6 rings (SSSR count). The molecule has 0 spiro atoms. The molecule has 0 aliphatic carbocycles. The lowest BCUT2D eigenvalue weighted by molar-refractivity contribution is -0.118. The van der Waals surface area contributed by atoms with E-state index in [4.69, 9.17) is 9.15 Å². The van der Waals surface area contributed by atoms with Crippen molar-refractivity contribution in [3.63, 3.8) is 0 Å². The van der Waals surface area contributed by atoms with Crippen molar-refractivity contribution in [2.24, 2.45) is 0 Å². The molecule has 1 atom stereocenters. The molecule has 2 aromatic carbocycles. The van der Waals surface area contributed by atoms with Crippen LogP contribution in [0.2, 0.25) is 0 Å². The molecular weight excluding hydrogens is 496 g/mol. The van der Waals surface area contributed by atoms with E-state index in [-0.39, 0.29) is 35.2 Å². The second-order valence-corrected chi connectivity index (χ2v) is 11.9. The van der Waals surface area contributed by atoms with E-state index >= 15 is 0 Å². The highest BCUT2D eigenvalue weighted by molar-refractivity contribution is 7.89. The van der Waals surface area contributed by atoms with Crippen molar-refractivity contribution in [2.75, 3.05) is 38.1 Å². The summed E-state index contributed by atoms with van der Waals surface area (Å²) in [4.78, 5) is 26.7. The first-order valence-corrected chi connectivity index (χ1v) is 14.2. The number of oxazole rings is 1. The van der Waals surface area contributed by atoms with Gasteiger partial charge in [-0.05, 0) is 69.0 Å². The van der Waals surface area contributed by atoms with E-state index in [1.807, 2.05) is 24.3 Å². The predicted octanol–water partition coefficient (Wildman–Crippen LogP) is 2.81. The Bertz CT molecular complexity index is 1490. The number of carbonyl (C=O) groups excluding carboxylic acids is 1. The molecule has 4 heterocycles. The van der Waals surface area contributed by atoms with Gasteiger partial charge < -0.3 is 19.4 Å². The maximum absolute atomic E-state index is 13.5. The Morgan fingerprint density at radius 1 is 1.00 bits per heavy atom. The molecular formula is C26H30N4O6S. The Morgan fingerprint density at radius 2 is 1.81 bits per heavy atom. The number of rotatable bonds is 6. The van der Waals surface area contributed by atoms with E-state index in [2.05, 4.69) is 10.2 Å². The van der Waals surface area contributed by atoms with Gasteiger partial charge in [-0.1, -0.05) is 12.1 Å². The van der Waals surface area contributed by atoms with Crippen LogP contribution in [0.1, 0.15) is 38.1 Å². The van der Waals surface area contributed by atoms with Crippen LogP contribution in [-0.2, 0) is 14.8 Å². The van der Waals surface area contributed by atoms with Gasteiger partial charge in [-0.25, -0.2) is 13.2 Å². The number of likely N-dealkylation sites (tertiary alicyclic amines) is 1. The number of hydrogen-bond donors (Lipinski definition) is 1. The van der Waals surface area contributed by atoms with Crippen molar-refractivity contribution in [3.8, 4) is 5.75 Å². The zero-order valence-electron chi connectivity index (χ0n) is 20.5. The van der Waals surface area contributed by atoms with Gasteiger partial charge in [0, 0.05) is 31.7 Å². The average molecular weight is 527 g/mol. The third kappa shape index (κ3) is 4.55. The molecule has 2 fully saturated rings. The van der Waals surface area contributed by atoms with Crippen molar-refractivity contribution in [1.29, 1.82) is 0 Å². The molecule has 0 radical (unpaired) electrons. The zero-order valence-corrected chi connectivity index (χ0v) is 21.3. The van der Waals surface area contributed by atoms with Gasteiger partial charge in [0.15, 0.2) is 12.2 Å². The highest BCUT2D eigenvalue weighted by Crippen LogP contribution is 2.34. The van der Waals surface area contributed by atoms with Crippen molar-refractivity contribution in [2.45, 2.75) is 49.1 Å². The molecule has 10 nitrogen and oxygen atoms in total. The van der Waals surface area contributed by atoms with Crippen LogP contribution in [-0.4, -0.2) is 66.9 Å². The first kappa shape index (κ1) is 24.2. The third-order valence-electron chi connectivity index (χ3n) is 7.73. The number of nitrogens with one attached hydrogen (secondary N) is 1. The molecule has 37 heavy (non-hydrogen) atoms. The van der Waals surface area contributed by atoms with Crippen LogP contribution in [0.5, 0.6) is 5.75 Å². The molecule has 0 unspecified atom stereocenters. The summed E-state index contributed by atoms with van der Waals surface area (Å²) >= 11 is 0. The van der Waals surface area contributed by atoms with Crippen molar-refractivity contribution in [3.05, 3.63) is 53.0 Å². The molecule has 1 N–H and O–H groups in total. The van der Waals surface area contributed by atoms with Gasteiger partial charge in [-0.15, -0.1) is 0 Å². The van der Waals surface area contributed by atoms with Crippen molar-refractivity contribution in [1.82, 2.24) is 13.8 Å². The standard InChI is InChI=1S/C26H30N4O6S/c31-25-17-35-23-8-7-20(16-21(23)27-25)37(33,34)29-12-3-4-18(29)9-13-28-14-10-19(11-15-28)30-22-5-1-2-6-24(22)36-26(30)32/h1-2,5-8,16,18-19H,3-4,9-15,17H2,(H,27,31)/t18-/m1/s1. The second-order valence-electron chi connectivity index (χ2n) is 9.97. The largest absolute Gasteiger partial charge is 0.482 e. The van der Waals surface area contributed by atoms with Gasteiger partial charge in [-0.3, -0.25) is 9.36 Å². The summed E-state index contributed by atoms with van der Waals surface area (Å²) in [5.74, 6) is -0.124. The highest BCUT2D eigenvalue weighted by Gasteiger charge is 2.36. The van der Waals surface area contributed by atoms with E-state index in [9.17, 15) is 18.0 Å². The van der Waals surface area contributed by atoms with E-state index in [1.54, 1.807) is 21.0 Å². The molecule has 0 bridgehead atoms. The Kier molecular flexibility index (Phi) is 6.29. The smallest absolute Gasteiger partial charge is 0.420 e. The fourth-order valence-electron chi connectivity index (χ4n) is 5.83. The van der Waals surface area contributed by atoms with Gasteiger partial charge >= 0.3 is 5.76 Å². The molecule has 1 amide bonds. The quantitative estimate of drug-likeness (QED) is 0.525. The molecule has 3 aliphatic rings. The molecule has 1 aromatic heterocycles. The van der Waals surface area contributed by atoms with Crippen molar-refractivity contribution >= 4 is 32.7 Å². The number of para-hydroxylation sites is 2. The van der Waals surface area contributed by atoms with Gasteiger partial charge in [0.1, 0.15) is 5.75 Å². The number of aromatic nitrogens is 1. The second kappa shape index (κ2) is 9.62. The first-order valence-electron chi connectivity index (χ1n) is 12.8. The number of nitrogens with zero attached hydrogens (tertiary/aromatic N) is 3. The SMILES string of the molecule is O=C1COc2ccc(S(=O)(=O)N3CCC[C@@H]3CCN3CCC(n4c(=O)oc5ccccc54)CC3)cc2N1. The molecule has 196 valence electrons. The summed E-state index contributed by atoms with van der Waals surface area (Å²) in [5.41, 5.74) is 1.85. The van der Waals surface area contributed by atoms with Crippen LogP contribution in [0.15, 0.2) is 56.6 Å². The lowest BCUT2D eigenvalue weighted by Gasteiger charge is -2.33. The summed E-state index contributed by atoms with van der Waals surface area (Å²) in [7, 11) is -3.70. The van der Waals surface area contributed by atoms with Crippen LogP contribution >= 0.6 is 0 Å². The summed E-state index contributed by atoms with van der Waals surface area (Å²) in [5, 5.41) is 2.69. The summed E-state index contributed by atoms with van der Waals surface area (Å²) in [6.07, 6.45) is 4.10. The maximum atomic E-state index is 13.5. The van der Waals surface area contributed by atoms with Crippen LogP contribution in [0.25, 0.3) is 11.1 Å². The lowest BCUT2D eigenvalue weighted by Crippen LogP contribution is -2.41. The van der Waals surface area contributed by atoms with Crippen LogP contribution in [0, 0.1) is 0 Å². The van der Waals surface area contributed by atoms with Gasteiger partial charge in [0.05, 0.1) is 16.1 Å². The van der Waals surface area contributed by atoms with Gasteiger partial charge in [0.25, 0.3) is 5.91 Å². The third-order valence-corrected chi connectivity index (χ3v) is 9.68. The van der Waals surface area contributed by atoms with Crippen LogP contribution in [0.4, 0.5) is 5.69 Å². The van der Waals surface area contributed by atoms with Crippen LogP contribution in [0.3, 0.4) is 0 Å². The monoisotopic (exact) mass is 526 g/mol. The molecule has 3 aliphatic heterocycles. The lowest BCUT2D eigenvalue weighted by atomic mass is 10.0. The fourth-order valence-corrected chi connectivity index (χ4v) is 7.59. The Morgan fingerprint density at radius 3 is 2.65 bits per heavy atom. The number of ether oxygens (including phenoxy) is 1. The number of fused-ring (bicyclic) bond motifs is 2. The maximum Gasteiger partial charge on any atom is 0.420 e. The minimum atomic E-state index is -3.70. The summed E-state index contributed by atoms with van der Waals surface area (Å²) < 4.78 is 41.2. The van der Waals surface area contributed by atoms with E-state index in [0.29, 0.717) is 23.6 Å². The zero-order chi connectivity index (χ0) is 25.6. The summed E-state index contributed by atoms with van der Waals surface area (Å²) in [6, 6.07) is 12.2. The molecule has 3 aromatic rings. The molecule has 11 heteroatoms. The number of sulfonamides is 1. The number of anilines is 1. The summed E-state index contributed by atoms with van der Waals surface area (Å²) in [6.45, 7) is 2.92. The predicted molar refractivity (Wildman–Crippen MR) is 137 cm³/mol. The van der Waals surface area contributed by atoms with E-state index < -0.39 is 10.0 Å². The molecule has 0 saturated carbocycles. The number of benzene rings is 2. The highest BCUT2D eigenvalue weighted by atomic mass is 32.2. The van der Waals surface area contributed by atoms with Gasteiger partial charge in [0.2, 0.25) is 10.0 Å². The topological polar surface area (TPSA) is 114 Å². The first-order chi connectivity index (χ1) is 17.9. The fraction of sp³-hybridized carbons (Fsp3) is 0.462. The average Bonchev–Trinajstić information content (AvgIpc) is 3.51. The Balaban J connectivity index is 1.09. The number of piperidine rings is 1. The minimum absolute atomic E-state index is 0.0648. The van der Waals surface area contributed by atoms with Gasteiger partial charge in [-0.2, -0.15) is 4.31 Å². The normalized spacial score (nSPS) is 21.6. The number of hydrogen-bond acceptors (Lipinski definition) is 7. The van der Waals surface area contributed by atoms with Crippen LogP contribution < -0.4 is 15.8 Å². The number of carbonyl (C=O) groups is 1. The Hall–Kier alpha value is -3.15. The Labute approximate surface area is 214 Å². The van der Waals surface area contributed by atoms with Crippen molar-refractivity contribution < 1.29 is 22.4 Å². The minimum Gasteiger partial charge on any atom is -0.482 e. The van der Waals surface area contributed by atoms with E-state index in [1.165, 1.54) is 6.07 Å². The molecule has 2 saturated heterocycles.